The highest BCUT2D eigenvalue weighted by Gasteiger charge is 2.01. The van der Waals surface area contributed by atoms with E-state index < -0.39 is 0 Å². The number of carbonyl (C=O) groups excluding carboxylic acids is 1. The van der Waals surface area contributed by atoms with Crippen LogP contribution in [0.4, 0.5) is 5.69 Å². The Morgan fingerprint density at radius 1 is 0.846 bits per heavy atom. The van der Waals surface area contributed by atoms with E-state index in [0.29, 0.717) is 5.56 Å². The van der Waals surface area contributed by atoms with E-state index >= 15 is 0 Å². The molecule has 128 valence electrons. The zero-order valence-electron chi connectivity index (χ0n) is 14.4. The molecule has 0 unspecified atom stereocenters. The number of aliphatic imine (C=N–C) groups is 1. The Morgan fingerprint density at radius 2 is 1.46 bits per heavy atom. The van der Waals surface area contributed by atoms with Crippen molar-refractivity contribution in [1.29, 1.82) is 0 Å². The molecule has 0 amide bonds. The van der Waals surface area contributed by atoms with Crippen molar-refractivity contribution in [2.24, 2.45) is 4.99 Å². The molecule has 0 bridgehead atoms. The summed E-state index contributed by atoms with van der Waals surface area (Å²) < 4.78 is 1.04. The van der Waals surface area contributed by atoms with Crippen molar-refractivity contribution < 1.29 is 4.79 Å². The molecule has 3 aromatic rings. The van der Waals surface area contributed by atoms with Crippen molar-refractivity contribution >= 4 is 39.7 Å². The van der Waals surface area contributed by atoms with Gasteiger partial charge >= 0.3 is 0 Å². The van der Waals surface area contributed by atoms with Gasteiger partial charge in [0.1, 0.15) is 0 Å². The molecule has 3 aromatic carbocycles. The smallest absolute Gasteiger partial charge is 0.185 e. The van der Waals surface area contributed by atoms with Crippen molar-refractivity contribution in [3.63, 3.8) is 0 Å². The van der Waals surface area contributed by atoms with Gasteiger partial charge in [0, 0.05) is 16.3 Å². The normalized spacial score (nSPS) is 11.3. The van der Waals surface area contributed by atoms with Gasteiger partial charge in [0.2, 0.25) is 0 Å². The van der Waals surface area contributed by atoms with Crippen LogP contribution >= 0.6 is 15.9 Å². The Morgan fingerprint density at radius 3 is 2.12 bits per heavy atom. The zero-order chi connectivity index (χ0) is 18.4. The van der Waals surface area contributed by atoms with E-state index in [2.05, 4.69) is 20.9 Å². The van der Waals surface area contributed by atoms with Crippen molar-refractivity contribution in [2.75, 3.05) is 0 Å². The number of carbonyl (C=O) groups is 1. The van der Waals surface area contributed by atoms with Crippen molar-refractivity contribution in [2.45, 2.75) is 6.92 Å². The van der Waals surface area contributed by atoms with Crippen LogP contribution in [-0.2, 0) is 0 Å². The van der Waals surface area contributed by atoms with E-state index in [-0.39, 0.29) is 5.78 Å². The highest BCUT2D eigenvalue weighted by molar-refractivity contribution is 9.10. The van der Waals surface area contributed by atoms with Crippen LogP contribution in [0.15, 0.2) is 88.3 Å². The Balaban J connectivity index is 1.65. The first kappa shape index (κ1) is 18.0. The largest absolute Gasteiger partial charge is 0.289 e. The van der Waals surface area contributed by atoms with E-state index in [9.17, 15) is 4.79 Å². The molecule has 0 radical (unpaired) electrons. The van der Waals surface area contributed by atoms with Gasteiger partial charge in [0.25, 0.3) is 0 Å². The van der Waals surface area contributed by atoms with Gasteiger partial charge in [-0.25, -0.2) is 0 Å². The number of ketones is 1. The Bertz CT molecular complexity index is 937. The first-order valence-corrected chi connectivity index (χ1v) is 9.08. The lowest BCUT2D eigenvalue weighted by molar-refractivity contribution is 0.104. The third-order valence-electron chi connectivity index (χ3n) is 3.89. The molecule has 0 aliphatic heterocycles. The molecule has 0 aromatic heterocycles. The molecule has 0 saturated carbocycles. The summed E-state index contributed by atoms with van der Waals surface area (Å²) in [6, 6.07) is 23.3. The quantitative estimate of drug-likeness (QED) is 0.275. The summed E-state index contributed by atoms with van der Waals surface area (Å²) in [7, 11) is 0. The number of allylic oxidation sites excluding steroid dienone is 1. The molecule has 0 aliphatic rings. The van der Waals surface area contributed by atoms with E-state index in [4.69, 9.17) is 0 Å². The Hall–Kier alpha value is -2.78. The molecule has 0 heterocycles. The lowest BCUT2D eigenvalue weighted by Crippen LogP contribution is -1.93. The fourth-order valence-corrected chi connectivity index (χ4v) is 2.62. The number of rotatable bonds is 5. The van der Waals surface area contributed by atoms with Crippen LogP contribution in [0.2, 0.25) is 0 Å². The number of halogens is 1. The number of hydrogen-bond acceptors (Lipinski definition) is 2. The van der Waals surface area contributed by atoms with Crippen molar-refractivity contribution in [3.8, 4) is 0 Å². The fourth-order valence-electron chi connectivity index (χ4n) is 2.36. The molecule has 3 heteroatoms. The third-order valence-corrected chi connectivity index (χ3v) is 4.42. The molecule has 3 rings (SSSR count). The van der Waals surface area contributed by atoms with Crippen LogP contribution < -0.4 is 0 Å². The maximum Gasteiger partial charge on any atom is 0.185 e. The standard InChI is InChI=1S/C23H18BrNO/c1-17-2-4-18(5-3-17)8-15-23(26)20-9-13-22(14-10-20)25-16-19-6-11-21(24)12-7-19/h2-16H,1H3/b15-8+,25-16?. The average molecular weight is 404 g/mol. The summed E-state index contributed by atoms with van der Waals surface area (Å²) in [5.41, 5.74) is 4.70. The van der Waals surface area contributed by atoms with E-state index in [0.717, 1.165) is 21.3 Å². The average Bonchev–Trinajstić information content (AvgIpc) is 2.67. The summed E-state index contributed by atoms with van der Waals surface area (Å²) in [4.78, 5) is 16.7. The van der Waals surface area contributed by atoms with Crippen LogP contribution in [0.1, 0.15) is 27.0 Å². The van der Waals surface area contributed by atoms with Crippen LogP contribution in [-0.4, -0.2) is 12.0 Å². The fraction of sp³-hybridized carbons (Fsp3) is 0.0435. The summed E-state index contributed by atoms with van der Waals surface area (Å²) in [5.74, 6) is -0.0194. The molecule has 26 heavy (non-hydrogen) atoms. The topological polar surface area (TPSA) is 29.4 Å². The molecule has 0 aliphatic carbocycles. The monoisotopic (exact) mass is 403 g/mol. The molecule has 0 fully saturated rings. The number of aryl methyl sites for hydroxylation is 1. The third kappa shape index (κ3) is 5.11. The van der Waals surface area contributed by atoms with Gasteiger partial charge in [0.15, 0.2) is 5.78 Å². The van der Waals surface area contributed by atoms with E-state index in [1.807, 2.05) is 73.7 Å². The minimum absolute atomic E-state index is 0.0194. The number of benzene rings is 3. The second-order valence-electron chi connectivity index (χ2n) is 5.96. The molecular weight excluding hydrogens is 386 g/mol. The molecule has 0 N–H and O–H groups in total. The summed E-state index contributed by atoms with van der Waals surface area (Å²) >= 11 is 3.41. The summed E-state index contributed by atoms with van der Waals surface area (Å²) in [6.07, 6.45) is 5.24. The first-order valence-electron chi connectivity index (χ1n) is 8.29. The van der Waals surface area contributed by atoms with E-state index in [1.54, 1.807) is 24.4 Å². The predicted octanol–water partition coefficient (Wildman–Crippen LogP) is 6.40. The molecule has 0 spiro atoms. The lowest BCUT2D eigenvalue weighted by Gasteiger charge is -1.99. The highest BCUT2D eigenvalue weighted by Crippen LogP contribution is 2.15. The highest BCUT2D eigenvalue weighted by atomic mass is 79.9. The predicted molar refractivity (Wildman–Crippen MR) is 112 cm³/mol. The van der Waals surface area contributed by atoms with Crippen molar-refractivity contribution in [1.82, 2.24) is 0 Å². The maximum absolute atomic E-state index is 12.3. The van der Waals surface area contributed by atoms with Gasteiger partial charge in [-0.2, -0.15) is 0 Å². The van der Waals surface area contributed by atoms with Gasteiger partial charge in [-0.15, -0.1) is 0 Å². The van der Waals surface area contributed by atoms with Gasteiger partial charge in [-0.3, -0.25) is 9.79 Å². The first-order chi connectivity index (χ1) is 12.6. The zero-order valence-corrected chi connectivity index (χ0v) is 16.0. The van der Waals surface area contributed by atoms with Crippen LogP contribution in [0.3, 0.4) is 0 Å². The van der Waals surface area contributed by atoms with Crippen molar-refractivity contribution in [3.05, 3.63) is 106 Å². The molecule has 0 atom stereocenters. The van der Waals surface area contributed by atoms with Crippen LogP contribution in [0.25, 0.3) is 6.08 Å². The van der Waals surface area contributed by atoms with Gasteiger partial charge in [-0.05, 0) is 60.5 Å². The van der Waals surface area contributed by atoms with Gasteiger partial charge in [0.05, 0.1) is 5.69 Å². The Labute approximate surface area is 162 Å². The minimum Gasteiger partial charge on any atom is -0.289 e. The Kier molecular flexibility index (Phi) is 5.92. The molecule has 0 saturated heterocycles. The number of hydrogen-bond donors (Lipinski definition) is 0. The van der Waals surface area contributed by atoms with Gasteiger partial charge < -0.3 is 0 Å². The SMILES string of the molecule is Cc1ccc(/C=C/C(=O)c2ccc(N=Cc3ccc(Br)cc3)cc2)cc1. The molecule has 2 nitrogen and oxygen atoms in total. The second kappa shape index (κ2) is 8.54. The number of nitrogens with zero attached hydrogens (tertiary/aromatic N) is 1. The second-order valence-corrected chi connectivity index (χ2v) is 6.88. The minimum atomic E-state index is -0.0194. The summed E-state index contributed by atoms with van der Waals surface area (Å²) in [5, 5.41) is 0. The summed E-state index contributed by atoms with van der Waals surface area (Å²) in [6.45, 7) is 2.04. The maximum atomic E-state index is 12.3. The van der Waals surface area contributed by atoms with E-state index in [1.165, 1.54) is 5.56 Å². The molecular formula is C23H18BrNO. The van der Waals surface area contributed by atoms with Crippen LogP contribution in [0, 0.1) is 6.92 Å². The van der Waals surface area contributed by atoms with Crippen LogP contribution in [0.5, 0.6) is 0 Å². The lowest BCUT2D eigenvalue weighted by atomic mass is 10.1. The van der Waals surface area contributed by atoms with Gasteiger partial charge in [-0.1, -0.05) is 64.0 Å².